The van der Waals surface area contributed by atoms with Crippen molar-refractivity contribution in [3.05, 3.63) is 35.1 Å². The van der Waals surface area contributed by atoms with Crippen molar-refractivity contribution in [2.75, 3.05) is 6.61 Å². The van der Waals surface area contributed by atoms with Crippen LogP contribution in [0.1, 0.15) is 30.4 Å². The molecule has 0 radical (unpaired) electrons. The van der Waals surface area contributed by atoms with Crippen molar-refractivity contribution in [3.8, 4) is 0 Å². The van der Waals surface area contributed by atoms with Gasteiger partial charge in [-0.3, -0.25) is 0 Å². The fourth-order valence-electron chi connectivity index (χ4n) is 2.20. The van der Waals surface area contributed by atoms with E-state index in [1.54, 1.807) is 0 Å². The van der Waals surface area contributed by atoms with Crippen LogP contribution in [0.2, 0.25) is 0 Å². The Morgan fingerprint density at radius 2 is 1.82 bits per heavy atom. The Labute approximate surface area is 96.1 Å². The van der Waals surface area contributed by atoms with Crippen LogP contribution in [-0.2, 0) is 11.6 Å². The van der Waals surface area contributed by atoms with E-state index in [-0.39, 0.29) is 12.2 Å². The van der Waals surface area contributed by atoms with E-state index in [1.807, 2.05) is 0 Å². The molecule has 1 N–H and O–H groups in total. The van der Waals surface area contributed by atoms with Gasteiger partial charge >= 0.3 is 6.18 Å². The summed E-state index contributed by atoms with van der Waals surface area (Å²) in [4.78, 5) is 0. The van der Waals surface area contributed by atoms with Gasteiger partial charge in [0.2, 0.25) is 0 Å². The first-order valence-corrected chi connectivity index (χ1v) is 5.36. The Hall–Kier alpha value is -1.10. The summed E-state index contributed by atoms with van der Waals surface area (Å²) >= 11 is 0. The Bertz CT molecular complexity index is 415. The second-order valence-corrected chi connectivity index (χ2v) is 4.52. The zero-order valence-electron chi connectivity index (χ0n) is 9.02. The molecule has 1 fully saturated rings. The van der Waals surface area contributed by atoms with Gasteiger partial charge in [0, 0.05) is 5.41 Å². The van der Waals surface area contributed by atoms with Gasteiger partial charge in [0.15, 0.2) is 0 Å². The fourth-order valence-corrected chi connectivity index (χ4v) is 2.20. The molecular formula is C12H12F4O. The third-order valence-corrected chi connectivity index (χ3v) is 3.45. The van der Waals surface area contributed by atoms with Gasteiger partial charge in [-0.25, -0.2) is 4.39 Å². The molecule has 0 bridgehead atoms. The summed E-state index contributed by atoms with van der Waals surface area (Å²) in [7, 11) is 0. The number of hydrogen-bond donors (Lipinski definition) is 1. The summed E-state index contributed by atoms with van der Waals surface area (Å²) in [5.74, 6) is -0.908. The first kappa shape index (κ1) is 12.4. The Morgan fingerprint density at radius 1 is 1.18 bits per heavy atom. The minimum atomic E-state index is -4.56. The van der Waals surface area contributed by atoms with Crippen LogP contribution >= 0.6 is 0 Å². The number of hydrogen-bond acceptors (Lipinski definition) is 1. The van der Waals surface area contributed by atoms with Gasteiger partial charge < -0.3 is 5.11 Å². The van der Waals surface area contributed by atoms with E-state index in [0.717, 1.165) is 18.6 Å². The van der Waals surface area contributed by atoms with Crippen molar-refractivity contribution in [2.24, 2.45) is 0 Å². The van der Waals surface area contributed by atoms with Gasteiger partial charge in [-0.2, -0.15) is 13.2 Å². The van der Waals surface area contributed by atoms with Gasteiger partial charge in [-0.05, 0) is 36.6 Å². The summed E-state index contributed by atoms with van der Waals surface area (Å²) in [6, 6.07) is 2.51. The Kier molecular flexibility index (Phi) is 2.89. The molecule has 0 saturated heterocycles. The van der Waals surface area contributed by atoms with Gasteiger partial charge in [0.25, 0.3) is 0 Å². The van der Waals surface area contributed by atoms with Crippen LogP contribution in [0.5, 0.6) is 0 Å². The van der Waals surface area contributed by atoms with Crippen LogP contribution in [0.3, 0.4) is 0 Å². The summed E-state index contributed by atoms with van der Waals surface area (Å²) in [6.07, 6.45) is -2.51. The second kappa shape index (κ2) is 3.98. The Balaban J connectivity index is 2.45. The maximum absolute atomic E-state index is 13.2. The first-order valence-electron chi connectivity index (χ1n) is 5.36. The fraction of sp³-hybridized carbons (Fsp3) is 0.500. The number of alkyl halides is 3. The predicted molar refractivity (Wildman–Crippen MR) is 54.0 cm³/mol. The summed E-state index contributed by atoms with van der Waals surface area (Å²) in [5, 5.41) is 9.27. The van der Waals surface area contributed by atoms with E-state index >= 15 is 0 Å². The number of aliphatic hydroxyl groups is 1. The molecule has 1 aromatic carbocycles. The molecule has 0 spiro atoms. The number of halogens is 4. The first-order chi connectivity index (χ1) is 7.87. The van der Waals surface area contributed by atoms with E-state index in [1.165, 1.54) is 0 Å². The lowest BCUT2D eigenvalue weighted by Crippen LogP contribution is -2.38. The van der Waals surface area contributed by atoms with Crippen LogP contribution in [0.15, 0.2) is 18.2 Å². The molecule has 1 aliphatic rings. The van der Waals surface area contributed by atoms with E-state index in [9.17, 15) is 22.7 Å². The topological polar surface area (TPSA) is 20.2 Å². The predicted octanol–water partition coefficient (Wildman–Crippen LogP) is 3.26. The number of rotatable bonds is 2. The molecule has 1 saturated carbocycles. The quantitative estimate of drug-likeness (QED) is 0.796. The molecule has 5 heteroatoms. The van der Waals surface area contributed by atoms with Gasteiger partial charge in [-0.1, -0.05) is 6.42 Å². The molecule has 2 rings (SSSR count). The monoisotopic (exact) mass is 248 g/mol. The third-order valence-electron chi connectivity index (χ3n) is 3.45. The molecule has 0 unspecified atom stereocenters. The van der Waals surface area contributed by atoms with Crippen molar-refractivity contribution < 1.29 is 22.7 Å². The number of benzene rings is 1. The standard InChI is InChI=1S/C12H12F4O/c13-10-5-8(11(7-17)2-1-3-11)4-9(6-10)12(14,15)16/h4-6,17H,1-3,7H2. The van der Waals surface area contributed by atoms with Gasteiger partial charge in [0.05, 0.1) is 12.2 Å². The molecule has 1 aromatic rings. The molecule has 0 atom stereocenters. The molecule has 0 amide bonds. The molecular weight excluding hydrogens is 236 g/mol. The SMILES string of the molecule is OCC1(c2cc(F)cc(C(F)(F)F)c2)CCC1. The largest absolute Gasteiger partial charge is 0.416 e. The zero-order valence-corrected chi connectivity index (χ0v) is 9.02. The summed E-state index contributed by atoms with van der Waals surface area (Å²) in [5.41, 5.74) is -1.42. The van der Waals surface area contributed by atoms with Crippen molar-refractivity contribution in [3.63, 3.8) is 0 Å². The smallest absolute Gasteiger partial charge is 0.395 e. The molecule has 17 heavy (non-hydrogen) atoms. The van der Waals surface area contributed by atoms with Crippen LogP contribution < -0.4 is 0 Å². The van der Waals surface area contributed by atoms with Crippen molar-refractivity contribution in [1.82, 2.24) is 0 Å². The molecule has 0 aromatic heterocycles. The lowest BCUT2D eigenvalue weighted by molar-refractivity contribution is -0.137. The Morgan fingerprint density at radius 3 is 2.24 bits per heavy atom. The second-order valence-electron chi connectivity index (χ2n) is 4.52. The van der Waals surface area contributed by atoms with Gasteiger partial charge in [-0.15, -0.1) is 0 Å². The molecule has 0 aliphatic heterocycles. The molecule has 1 aliphatic carbocycles. The highest BCUT2D eigenvalue weighted by molar-refractivity contribution is 5.34. The highest BCUT2D eigenvalue weighted by Crippen LogP contribution is 2.44. The average Bonchev–Trinajstić information content (AvgIpc) is 2.14. The maximum atomic E-state index is 13.2. The van der Waals surface area contributed by atoms with Gasteiger partial charge in [0.1, 0.15) is 5.82 Å². The van der Waals surface area contributed by atoms with E-state index in [2.05, 4.69) is 0 Å². The summed E-state index contributed by atoms with van der Waals surface area (Å²) < 4.78 is 50.8. The molecule has 0 heterocycles. The van der Waals surface area contributed by atoms with Crippen LogP contribution in [0.25, 0.3) is 0 Å². The zero-order chi connectivity index (χ0) is 12.7. The average molecular weight is 248 g/mol. The van der Waals surface area contributed by atoms with Crippen LogP contribution in [0.4, 0.5) is 17.6 Å². The number of aliphatic hydroxyl groups excluding tert-OH is 1. The van der Waals surface area contributed by atoms with E-state index < -0.39 is 23.0 Å². The van der Waals surface area contributed by atoms with Crippen molar-refractivity contribution in [2.45, 2.75) is 30.9 Å². The highest BCUT2D eigenvalue weighted by atomic mass is 19.4. The van der Waals surface area contributed by atoms with Crippen molar-refractivity contribution >= 4 is 0 Å². The minimum absolute atomic E-state index is 0.242. The lowest BCUT2D eigenvalue weighted by Gasteiger charge is -2.41. The molecule has 1 nitrogen and oxygen atoms in total. The highest BCUT2D eigenvalue weighted by Gasteiger charge is 2.40. The summed E-state index contributed by atoms with van der Waals surface area (Å²) in [6.45, 7) is -0.242. The lowest BCUT2D eigenvalue weighted by atomic mass is 9.65. The maximum Gasteiger partial charge on any atom is 0.416 e. The third kappa shape index (κ3) is 2.16. The normalized spacial score (nSPS) is 18.9. The van der Waals surface area contributed by atoms with E-state index in [0.29, 0.717) is 18.9 Å². The molecule has 94 valence electrons. The van der Waals surface area contributed by atoms with Crippen LogP contribution in [0, 0.1) is 5.82 Å². The minimum Gasteiger partial charge on any atom is -0.395 e. The van der Waals surface area contributed by atoms with E-state index in [4.69, 9.17) is 0 Å². The van der Waals surface area contributed by atoms with Crippen molar-refractivity contribution in [1.29, 1.82) is 0 Å². The van der Waals surface area contributed by atoms with Crippen LogP contribution in [-0.4, -0.2) is 11.7 Å².